The molecule has 0 spiro atoms. The van der Waals surface area contributed by atoms with Crippen LogP contribution in [0.1, 0.15) is 0 Å². The van der Waals surface area contributed by atoms with Crippen LogP contribution in [0.5, 0.6) is 0 Å². The van der Waals surface area contributed by atoms with Crippen LogP contribution in [0.2, 0.25) is 0 Å². The van der Waals surface area contributed by atoms with E-state index in [2.05, 4.69) is 41.6 Å². The molecule has 2 heteroatoms. The summed E-state index contributed by atoms with van der Waals surface area (Å²) in [5, 5.41) is 8.62. The summed E-state index contributed by atoms with van der Waals surface area (Å²) >= 11 is 0. The molecule has 3 rings (SSSR count). The van der Waals surface area contributed by atoms with Gasteiger partial charge in [-0.3, -0.25) is 0 Å². The minimum atomic E-state index is 1.12. The fourth-order valence-electron chi connectivity index (χ4n) is 1.72. The average Bonchev–Trinajstić information content (AvgIpc) is 2.19. The Morgan fingerprint density at radius 2 is 1.46 bits per heavy atom. The van der Waals surface area contributed by atoms with Gasteiger partial charge in [-0.25, -0.2) is 0 Å². The fourth-order valence-corrected chi connectivity index (χ4v) is 1.72. The lowest BCUT2D eigenvalue weighted by Crippen LogP contribution is -2.10. The van der Waals surface area contributed by atoms with E-state index in [0.717, 1.165) is 11.4 Å². The first kappa shape index (κ1) is 6.78. The van der Waals surface area contributed by atoms with Crippen molar-refractivity contribution in [2.24, 2.45) is 0 Å². The highest BCUT2D eigenvalue weighted by Crippen LogP contribution is 2.33. The summed E-state index contributed by atoms with van der Waals surface area (Å²) in [5.41, 5.74) is 2.23. The molecular weight excluding hydrogens is 160 g/mol. The molecule has 1 aliphatic heterocycles. The van der Waals surface area contributed by atoms with Gasteiger partial charge in [0.25, 0.3) is 0 Å². The van der Waals surface area contributed by atoms with Crippen molar-refractivity contribution in [2.45, 2.75) is 0 Å². The van der Waals surface area contributed by atoms with Crippen LogP contribution < -0.4 is 10.6 Å². The Labute approximate surface area is 76.6 Å². The first-order valence-electron chi connectivity index (χ1n) is 4.24. The van der Waals surface area contributed by atoms with Crippen molar-refractivity contribution in [2.75, 3.05) is 10.6 Å². The molecule has 0 atom stereocenters. The number of benzene rings is 2. The summed E-state index contributed by atoms with van der Waals surface area (Å²) < 4.78 is 0. The lowest BCUT2D eigenvalue weighted by molar-refractivity contribution is 1.36. The van der Waals surface area contributed by atoms with Gasteiger partial charge in [0.1, 0.15) is 0 Å². The van der Waals surface area contributed by atoms with Crippen LogP contribution in [0.15, 0.2) is 36.4 Å². The Bertz CT molecular complexity index is 424. The second kappa shape index (κ2) is 2.39. The standard InChI is InChI=1S/C11H8N2/c1-3-8-4-2-6-10-11(8)9(5-1)12-7-13-10/h1-6,12-13H. The smallest absolute Gasteiger partial charge is 0.202 e. The Kier molecular flexibility index (Phi) is 1.25. The largest absolute Gasteiger partial charge is 0.355 e. The van der Waals surface area contributed by atoms with Crippen molar-refractivity contribution in [3.63, 3.8) is 0 Å². The van der Waals surface area contributed by atoms with Crippen molar-refractivity contribution >= 4 is 22.1 Å². The molecule has 1 aliphatic rings. The summed E-state index contributed by atoms with van der Waals surface area (Å²) in [6.07, 6.45) is 0. The molecular formula is C11H8N2. The van der Waals surface area contributed by atoms with Gasteiger partial charge in [0.2, 0.25) is 6.67 Å². The molecule has 0 fully saturated rings. The highest BCUT2D eigenvalue weighted by Gasteiger charge is 2.10. The predicted molar refractivity (Wildman–Crippen MR) is 54.4 cm³/mol. The van der Waals surface area contributed by atoms with Crippen LogP contribution in [0, 0.1) is 6.67 Å². The minimum Gasteiger partial charge on any atom is -0.355 e. The zero-order chi connectivity index (χ0) is 8.67. The van der Waals surface area contributed by atoms with Gasteiger partial charge in [-0.1, -0.05) is 24.3 Å². The Morgan fingerprint density at radius 1 is 0.846 bits per heavy atom. The number of rotatable bonds is 0. The van der Waals surface area contributed by atoms with E-state index >= 15 is 0 Å². The van der Waals surface area contributed by atoms with Gasteiger partial charge in [-0.15, -0.1) is 0 Å². The van der Waals surface area contributed by atoms with Gasteiger partial charge >= 0.3 is 0 Å². The number of nitrogens with one attached hydrogen (secondary N) is 2. The monoisotopic (exact) mass is 168 g/mol. The molecule has 62 valence electrons. The molecule has 0 amide bonds. The highest BCUT2D eigenvalue weighted by atomic mass is 15.1. The molecule has 0 aliphatic carbocycles. The number of anilines is 2. The fraction of sp³-hybridized carbons (Fsp3) is 0. The Balaban J connectivity index is 2.49. The molecule has 2 aromatic carbocycles. The third kappa shape index (κ3) is 0.886. The van der Waals surface area contributed by atoms with E-state index in [0.29, 0.717) is 0 Å². The maximum absolute atomic E-state index is 3.07. The first-order chi connectivity index (χ1) is 6.45. The summed E-state index contributed by atoms with van der Waals surface area (Å²) in [7, 11) is 0. The first-order valence-corrected chi connectivity index (χ1v) is 4.24. The van der Waals surface area contributed by atoms with E-state index in [1.54, 1.807) is 0 Å². The zero-order valence-electron chi connectivity index (χ0n) is 6.96. The van der Waals surface area contributed by atoms with E-state index in [9.17, 15) is 0 Å². The van der Waals surface area contributed by atoms with Crippen LogP contribution >= 0.6 is 0 Å². The van der Waals surface area contributed by atoms with Crippen molar-refractivity contribution in [1.29, 1.82) is 0 Å². The molecule has 0 saturated carbocycles. The van der Waals surface area contributed by atoms with Gasteiger partial charge < -0.3 is 10.6 Å². The van der Waals surface area contributed by atoms with Crippen molar-refractivity contribution in [1.82, 2.24) is 0 Å². The van der Waals surface area contributed by atoms with Crippen LogP contribution in [0.3, 0.4) is 0 Å². The van der Waals surface area contributed by atoms with E-state index in [-0.39, 0.29) is 0 Å². The molecule has 13 heavy (non-hydrogen) atoms. The Morgan fingerprint density at radius 3 is 2.08 bits per heavy atom. The quantitative estimate of drug-likeness (QED) is 0.632. The van der Waals surface area contributed by atoms with Crippen molar-refractivity contribution in [3.8, 4) is 0 Å². The third-order valence-electron chi connectivity index (χ3n) is 2.30. The van der Waals surface area contributed by atoms with Gasteiger partial charge in [0.05, 0.1) is 0 Å². The van der Waals surface area contributed by atoms with E-state index in [4.69, 9.17) is 0 Å². The predicted octanol–water partition coefficient (Wildman–Crippen LogP) is 2.67. The lowest BCUT2D eigenvalue weighted by Gasteiger charge is -2.18. The third-order valence-corrected chi connectivity index (χ3v) is 2.30. The van der Waals surface area contributed by atoms with Crippen LogP contribution in [-0.4, -0.2) is 0 Å². The molecule has 0 aromatic heterocycles. The van der Waals surface area contributed by atoms with Crippen LogP contribution in [0.25, 0.3) is 10.8 Å². The lowest BCUT2D eigenvalue weighted by atomic mass is 10.1. The molecule has 0 saturated heterocycles. The number of hydrogen-bond acceptors (Lipinski definition) is 2. The molecule has 0 bridgehead atoms. The second-order valence-electron chi connectivity index (χ2n) is 3.08. The van der Waals surface area contributed by atoms with E-state index < -0.39 is 0 Å². The maximum Gasteiger partial charge on any atom is 0.202 e. The molecule has 2 nitrogen and oxygen atoms in total. The summed E-state index contributed by atoms with van der Waals surface area (Å²) in [6, 6.07) is 12.4. The minimum absolute atomic E-state index is 1.12. The molecule has 1 heterocycles. The van der Waals surface area contributed by atoms with Crippen molar-refractivity contribution < 1.29 is 0 Å². The highest BCUT2D eigenvalue weighted by molar-refractivity contribution is 6.04. The average molecular weight is 168 g/mol. The van der Waals surface area contributed by atoms with Crippen LogP contribution in [0.4, 0.5) is 11.4 Å². The zero-order valence-corrected chi connectivity index (χ0v) is 6.96. The van der Waals surface area contributed by atoms with Gasteiger partial charge in [0, 0.05) is 16.8 Å². The molecule has 0 unspecified atom stereocenters. The van der Waals surface area contributed by atoms with E-state index in [1.165, 1.54) is 10.8 Å². The second-order valence-corrected chi connectivity index (χ2v) is 3.08. The topological polar surface area (TPSA) is 24.1 Å². The summed E-state index contributed by atoms with van der Waals surface area (Å²) in [6.45, 7) is 2.90. The van der Waals surface area contributed by atoms with E-state index in [1.807, 2.05) is 12.1 Å². The maximum atomic E-state index is 3.07. The molecule has 2 radical (unpaired) electrons. The van der Waals surface area contributed by atoms with Crippen LogP contribution in [-0.2, 0) is 0 Å². The number of hydrogen-bond donors (Lipinski definition) is 2. The molecule has 2 aromatic rings. The molecule has 2 N–H and O–H groups in total. The normalized spacial score (nSPS) is 13.5. The summed E-state index contributed by atoms with van der Waals surface area (Å²) in [4.78, 5) is 0. The van der Waals surface area contributed by atoms with Crippen molar-refractivity contribution in [3.05, 3.63) is 43.1 Å². The summed E-state index contributed by atoms with van der Waals surface area (Å²) in [5.74, 6) is 0. The Hall–Kier alpha value is -1.70. The SMILES string of the molecule is [C]1Nc2cccc3cccc(c23)N1. The van der Waals surface area contributed by atoms with Gasteiger partial charge in [-0.2, -0.15) is 0 Å². The van der Waals surface area contributed by atoms with Gasteiger partial charge in [-0.05, 0) is 17.5 Å². The van der Waals surface area contributed by atoms with Gasteiger partial charge in [0.15, 0.2) is 0 Å².